The van der Waals surface area contributed by atoms with Gasteiger partial charge in [-0.05, 0) is 44.0 Å². The van der Waals surface area contributed by atoms with E-state index in [0.717, 1.165) is 12.8 Å². The third kappa shape index (κ3) is 3.82. The second-order valence-electron chi connectivity index (χ2n) is 5.78. The van der Waals surface area contributed by atoms with Crippen LogP contribution >= 0.6 is 0 Å². The van der Waals surface area contributed by atoms with Crippen LogP contribution in [0, 0.1) is 0 Å². The topological polar surface area (TPSA) is 9.23 Å². The summed E-state index contributed by atoms with van der Waals surface area (Å²) in [5, 5.41) is 0. The van der Waals surface area contributed by atoms with Gasteiger partial charge in [-0.25, -0.2) is 0 Å². The average molecular weight is 246 g/mol. The van der Waals surface area contributed by atoms with Gasteiger partial charge in [-0.15, -0.1) is 0 Å². The van der Waals surface area contributed by atoms with Gasteiger partial charge < -0.3 is 4.43 Å². The molecule has 0 aromatic heterocycles. The largest absolute Gasteiger partial charge is 0.411 e. The minimum absolute atomic E-state index is 0.320. The van der Waals surface area contributed by atoms with Gasteiger partial charge in [-0.2, -0.15) is 0 Å². The Kier molecular flexibility index (Phi) is 3.85. The molecule has 0 saturated carbocycles. The summed E-state index contributed by atoms with van der Waals surface area (Å²) >= 11 is 0. The van der Waals surface area contributed by atoms with E-state index in [1.165, 1.54) is 5.56 Å². The van der Waals surface area contributed by atoms with Gasteiger partial charge in [-0.3, -0.25) is 0 Å². The molecule has 0 spiro atoms. The zero-order valence-electron chi connectivity index (χ0n) is 11.0. The van der Waals surface area contributed by atoms with Crippen molar-refractivity contribution in [3.8, 4) is 0 Å². The second-order valence-corrected chi connectivity index (χ2v) is 10.2. The fourth-order valence-electron chi connectivity index (χ4n) is 2.39. The lowest BCUT2D eigenvalue weighted by Gasteiger charge is -2.30. The molecule has 0 amide bonds. The van der Waals surface area contributed by atoms with Crippen molar-refractivity contribution in [2.24, 2.45) is 0 Å². The van der Waals surface area contributed by atoms with Crippen molar-refractivity contribution >= 4 is 8.32 Å². The van der Waals surface area contributed by atoms with Crippen molar-refractivity contribution in [3.63, 3.8) is 0 Å². The van der Waals surface area contributed by atoms with E-state index in [0.29, 0.717) is 12.0 Å². The number of rotatable bonds is 3. The number of hydrogen-bond acceptors (Lipinski definition) is 1. The standard InChI is InChI=1S/C15H22OSi/c1-17(2,3)16-15-11-7-10-14(12-15)13-8-5-4-6-9-13/h4-9,11,14-15H,10,12H2,1-3H3. The minimum Gasteiger partial charge on any atom is -0.411 e. The van der Waals surface area contributed by atoms with Gasteiger partial charge in [-0.1, -0.05) is 42.5 Å². The zero-order chi connectivity index (χ0) is 12.3. The molecule has 1 aliphatic rings. The minimum atomic E-state index is -1.43. The zero-order valence-corrected chi connectivity index (χ0v) is 12.0. The lowest BCUT2D eigenvalue weighted by molar-refractivity contribution is 0.213. The Labute approximate surface area is 106 Å². The van der Waals surface area contributed by atoms with Crippen molar-refractivity contribution < 1.29 is 4.43 Å². The molecule has 0 heterocycles. The fourth-order valence-corrected chi connectivity index (χ4v) is 3.47. The van der Waals surface area contributed by atoms with Crippen LogP contribution in [0.1, 0.15) is 24.3 Å². The van der Waals surface area contributed by atoms with Gasteiger partial charge in [0.05, 0.1) is 6.10 Å². The molecular formula is C15H22OSi. The van der Waals surface area contributed by atoms with E-state index in [1.807, 2.05) is 0 Å². The Balaban J connectivity index is 2.03. The molecule has 0 saturated heterocycles. The summed E-state index contributed by atoms with van der Waals surface area (Å²) < 4.78 is 6.18. The molecule has 2 unspecified atom stereocenters. The summed E-state index contributed by atoms with van der Waals surface area (Å²) in [5.74, 6) is 0.627. The molecule has 0 N–H and O–H groups in total. The van der Waals surface area contributed by atoms with Crippen LogP contribution < -0.4 is 0 Å². The summed E-state index contributed by atoms with van der Waals surface area (Å²) in [4.78, 5) is 0. The molecule has 0 bridgehead atoms. The number of allylic oxidation sites excluding steroid dienone is 1. The predicted octanol–water partition coefficient (Wildman–Crippen LogP) is 4.34. The van der Waals surface area contributed by atoms with Gasteiger partial charge in [0.15, 0.2) is 8.32 Å². The Hall–Kier alpha value is -0.863. The first-order valence-electron chi connectivity index (χ1n) is 6.44. The molecule has 2 rings (SSSR count). The van der Waals surface area contributed by atoms with Crippen LogP contribution in [0.15, 0.2) is 42.5 Å². The van der Waals surface area contributed by atoms with Gasteiger partial charge in [0.25, 0.3) is 0 Å². The molecule has 1 aromatic carbocycles. The van der Waals surface area contributed by atoms with Crippen LogP contribution in [-0.4, -0.2) is 14.4 Å². The van der Waals surface area contributed by atoms with Crippen LogP contribution in [0.2, 0.25) is 19.6 Å². The van der Waals surface area contributed by atoms with E-state index in [-0.39, 0.29) is 0 Å². The van der Waals surface area contributed by atoms with Crippen LogP contribution in [0.5, 0.6) is 0 Å². The third-order valence-electron chi connectivity index (χ3n) is 3.06. The maximum Gasteiger partial charge on any atom is 0.184 e. The summed E-state index contributed by atoms with van der Waals surface area (Å²) in [6.07, 6.45) is 7.13. The van der Waals surface area contributed by atoms with Crippen LogP contribution in [0.4, 0.5) is 0 Å². The van der Waals surface area contributed by atoms with Crippen molar-refractivity contribution in [2.45, 2.75) is 44.5 Å². The van der Waals surface area contributed by atoms with Crippen LogP contribution in [0.3, 0.4) is 0 Å². The van der Waals surface area contributed by atoms with E-state index in [1.54, 1.807) is 0 Å². The van der Waals surface area contributed by atoms with Crippen LogP contribution in [-0.2, 0) is 4.43 Å². The molecule has 1 aromatic rings. The molecule has 92 valence electrons. The Morgan fingerprint density at radius 2 is 1.82 bits per heavy atom. The van der Waals surface area contributed by atoms with E-state index in [2.05, 4.69) is 62.1 Å². The summed E-state index contributed by atoms with van der Waals surface area (Å²) in [7, 11) is -1.43. The SMILES string of the molecule is C[Si](C)(C)OC1C=CCC(c2ccccc2)C1. The van der Waals surface area contributed by atoms with E-state index < -0.39 is 8.32 Å². The number of hydrogen-bond donors (Lipinski definition) is 0. The monoisotopic (exact) mass is 246 g/mol. The molecule has 2 heteroatoms. The lowest BCUT2D eigenvalue weighted by atomic mass is 9.87. The molecule has 0 aliphatic heterocycles. The molecule has 0 fully saturated rings. The lowest BCUT2D eigenvalue weighted by Crippen LogP contribution is -2.32. The quantitative estimate of drug-likeness (QED) is 0.569. The van der Waals surface area contributed by atoms with Crippen molar-refractivity contribution in [2.75, 3.05) is 0 Å². The third-order valence-corrected chi connectivity index (χ3v) is 4.07. The first kappa shape index (κ1) is 12.6. The first-order valence-corrected chi connectivity index (χ1v) is 9.85. The maximum absolute atomic E-state index is 6.18. The second kappa shape index (κ2) is 5.19. The highest BCUT2D eigenvalue weighted by Crippen LogP contribution is 2.31. The molecule has 0 radical (unpaired) electrons. The van der Waals surface area contributed by atoms with Crippen molar-refractivity contribution in [1.82, 2.24) is 0 Å². The molecular weight excluding hydrogens is 224 g/mol. The molecule has 17 heavy (non-hydrogen) atoms. The maximum atomic E-state index is 6.18. The normalized spacial score (nSPS) is 24.9. The van der Waals surface area contributed by atoms with Crippen molar-refractivity contribution in [1.29, 1.82) is 0 Å². The average Bonchev–Trinajstić information content (AvgIpc) is 2.28. The van der Waals surface area contributed by atoms with Gasteiger partial charge >= 0.3 is 0 Å². The summed E-state index contributed by atoms with van der Waals surface area (Å²) in [6.45, 7) is 6.77. The van der Waals surface area contributed by atoms with Gasteiger partial charge in [0.2, 0.25) is 0 Å². The first-order chi connectivity index (χ1) is 8.04. The Morgan fingerprint density at radius 3 is 2.47 bits per heavy atom. The Morgan fingerprint density at radius 1 is 1.12 bits per heavy atom. The fraction of sp³-hybridized carbons (Fsp3) is 0.467. The Bertz CT molecular complexity index is 378. The highest BCUT2D eigenvalue weighted by molar-refractivity contribution is 6.69. The smallest absolute Gasteiger partial charge is 0.184 e. The highest BCUT2D eigenvalue weighted by atomic mass is 28.4. The van der Waals surface area contributed by atoms with Gasteiger partial charge in [0.1, 0.15) is 0 Å². The molecule has 1 nitrogen and oxygen atoms in total. The van der Waals surface area contributed by atoms with E-state index in [4.69, 9.17) is 4.43 Å². The van der Waals surface area contributed by atoms with E-state index >= 15 is 0 Å². The summed E-state index contributed by atoms with van der Waals surface area (Å²) in [5.41, 5.74) is 1.45. The van der Waals surface area contributed by atoms with Crippen molar-refractivity contribution in [3.05, 3.63) is 48.0 Å². The van der Waals surface area contributed by atoms with Crippen LogP contribution in [0.25, 0.3) is 0 Å². The predicted molar refractivity (Wildman–Crippen MR) is 75.8 cm³/mol. The molecule has 2 atom stereocenters. The highest BCUT2D eigenvalue weighted by Gasteiger charge is 2.24. The van der Waals surface area contributed by atoms with E-state index in [9.17, 15) is 0 Å². The molecule has 1 aliphatic carbocycles. The number of benzene rings is 1. The summed E-state index contributed by atoms with van der Waals surface area (Å²) in [6, 6.07) is 10.8. The van der Waals surface area contributed by atoms with Gasteiger partial charge in [0, 0.05) is 0 Å².